The van der Waals surface area contributed by atoms with Gasteiger partial charge in [-0.1, -0.05) is 30.3 Å². The van der Waals surface area contributed by atoms with Crippen LogP contribution in [0.2, 0.25) is 0 Å². The van der Waals surface area contributed by atoms with Gasteiger partial charge < -0.3 is 9.73 Å². The van der Waals surface area contributed by atoms with Gasteiger partial charge in [-0.2, -0.15) is 0 Å². The van der Waals surface area contributed by atoms with Crippen LogP contribution >= 0.6 is 22.6 Å². The highest BCUT2D eigenvalue weighted by molar-refractivity contribution is 14.1. The molecule has 4 aromatic rings. The van der Waals surface area contributed by atoms with E-state index < -0.39 is 0 Å². The number of benzene rings is 3. The maximum atomic E-state index is 12.6. The predicted octanol–water partition coefficient (Wildman–Crippen LogP) is 5.75. The third kappa shape index (κ3) is 2.67. The summed E-state index contributed by atoms with van der Waals surface area (Å²) in [6.07, 6.45) is 0. The molecule has 0 atom stereocenters. The van der Waals surface area contributed by atoms with Crippen molar-refractivity contribution in [3.63, 3.8) is 0 Å². The number of amides is 1. The number of fused-ring (bicyclic) bond motifs is 3. The Bertz CT molecular complexity index is 1080. The molecule has 0 saturated carbocycles. The number of furan rings is 1. The quantitative estimate of drug-likeness (QED) is 0.414. The third-order valence-electron chi connectivity index (χ3n) is 4.09. The molecule has 0 bridgehead atoms. The van der Waals surface area contributed by atoms with Crippen LogP contribution in [0.5, 0.6) is 0 Å². The first kappa shape index (κ1) is 15.2. The molecule has 0 saturated heterocycles. The zero-order valence-electron chi connectivity index (χ0n) is 13.0. The minimum atomic E-state index is -0.236. The van der Waals surface area contributed by atoms with Crippen LogP contribution < -0.4 is 5.32 Å². The normalized spacial score (nSPS) is 11.1. The van der Waals surface area contributed by atoms with Crippen LogP contribution in [0.3, 0.4) is 0 Å². The van der Waals surface area contributed by atoms with Crippen molar-refractivity contribution in [3.8, 4) is 0 Å². The summed E-state index contributed by atoms with van der Waals surface area (Å²) in [7, 11) is 0. The lowest BCUT2D eigenvalue weighted by molar-refractivity contribution is 0.0998. The number of halogens is 1. The Morgan fingerprint density at radius 3 is 2.67 bits per heavy atom. The molecule has 3 nitrogen and oxygen atoms in total. The predicted molar refractivity (Wildman–Crippen MR) is 106 cm³/mol. The Kier molecular flexibility index (Phi) is 3.76. The van der Waals surface area contributed by atoms with Crippen molar-refractivity contribution in [2.45, 2.75) is 6.92 Å². The standard InChI is InChI=1S/C20H14INO2/c1-12-10-14(21)7-8-17(12)22-20(23)19-11-16-15-5-3-2-4-13(15)6-9-18(16)24-19/h2-11H,1H3,(H,22,23). The van der Waals surface area contributed by atoms with E-state index in [1.165, 1.54) is 0 Å². The summed E-state index contributed by atoms with van der Waals surface area (Å²) in [6, 6.07) is 19.7. The van der Waals surface area contributed by atoms with Gasteiger partial charge in [-0.05, 0) is 76.2 Å². The lowest BCUT2D eigenvalue weighted by atomic mass is 10.1. The minimum Gasteiger partial charge on any atom is -0.451 e. The van der Waals surface area contributed by atoms with Gasteiger partial charge in [0.15, 0.2) is 5.76 Å². The van der Waals surface area contributed by atoms with Gasteiger partial charge in [0.1, 0.15) is 5.58 Å². The summed E-state index contributed by atoms with van der Waals surface area (Å²) in [4.78, 5) is 12.6. The van der Waals surface area contributed by atoms with Crippen molar-refractivity contribution in [3.05, 3.63) is 75.6 Å². The van der Waals surface area contributed by atoms with E-state index in [1.807, 2.05) is 61.5 Å². The third-order valence-corrected chi connectivity index (χ3v) is 4.76. The average Bonchev–Trinajstić information content (AvgIpc) is 3.02. The summed E-state index contributed by atoms with van der Waals surface area (Å²) in [5.41, 5.74) is 2.54. The van der Waals surface area contributed by atoms with Gasteiger partial charge in [-0.25, -0.2) is 0 Å². The molecule has 24 heavy (non-hydrogen) atoms. The summed E-state index contributed by atoms with van der Waals surface area (Å²) in [5.74, 6) is 0.0823. The van der Waals surface area contributed by atoms with Gasteiger partial charge >= 0.3 is 0 Å². The second-order valence-electron chi connectivity index (χ2n) is 5.72. The molecule has 4 heteroatoms. The zero-order chi connectivity index (χ0) is 16.7. The Balaban J connectivity index is 1.73. The molecule has 1 N–H and O–H groups in total. The monoisotopic (exact) mass is 427 g/mol. The minimum absolute atomic E-state index is 0.236. The van der Waals surface area contributed by atoms with E-state index in [-0.39, 0.29) is 5.91 Å². The molecule has 0 aliphatic heterocycles. The molecular weight excluding hydrogens is 413 g/mol. The Morgan fingerprint density at radius 1 is 1.00 bits per heavy atom. The smallest absolute Gasteiger partial charge is 0.291 e. The largest absolute Gasteiger partial charge is 0.451 e. The second kappa shape index (κ2) is 5.94. The molecule has 1 amide bonds. The molecule has 0 radical (unpaired) electrons. The topological polar surface area (TPSA) is 42.2 Å². The van der Waals surface area contributed by atoms with E-state index >= 15 is 0 Å². The SMILES string of the molecule is Cc1cc(I)ccc1NC(=O)c1cc2c(ccc3ccccc32)o1. The highest BCUT2D eigenvalue weighted by Crippen LogP contribution is 2.28. The first-order chi connectivity index (χ1) is 11.6. The molecule has 0 fully saturated rings. The maximum absolute atomic E-state index is 12.6. The molecule has 3 aromatic carbocycles. The van der Waals surface area contributed by atoms with Gasteiger partial charge in [0.05, 0.1) is 0 Å². The highest BCUT2D eigenvalue weighted by Gasteiger charge is 2.15. The molecule has 1 heterocycles. The van der Waals surface area contributed by atoms with Crippen LogP contribution in [-0.2, 0) is 0 Å². The van der Waals surface area contributed by atoms with Crippen LogP contribution in [0.1, 0.15) is 16.1 Å². The summed E-state index contributed by atoms with van der Waals surface area (Å²) >= 11 is 2.25. The van der Waals surface area contributed by atoms with Gasteiger partial charge in [0.25, 0.3) is 5.91 Å². The fourth-order valence-corrected chi connectivity index (χ4v) is 3.50. The van der Waals surface area contributed by atoms with Crippen LogP contribution in [0.25, 0.3) is 21.7 Å². The molecular formula is C20H14INO2. The van der Waals surface area contributed by atoms with Crippen LogP contribution in [0.4, 0.5) is 5.69 Å². The van der Waals surface area contributed by atoms with Crippen LogP contribution in [-0.4, -0.2) is 5.91 Å². The Hall–Kier alpha value is -2.34. The number of carbonyl (C=O) groups excluding carboxylic acids is 1. The van der Waals surface area contributed by atoms with E-state index in [0.717, 1.165) is 36.6 Å². The summed E-state index contributed by atoms with van der Waals surface area (Å²) in [6.45, 7) is 1.98. The lowest BCUT2D eigenvalue weighted by Crippen LogP contribution is -2.11. The highest BCUT2D eigenvalue weighted by atomic mass is 127. The van der Waals surface area contributed by atoms with Crippen molar-refractivity contribution in [2.75, 3.05) is 5.32 Å². The van der Waals surface area contributed by atoms with E-state index in [9.17, 15) is 4.79 Å². The Labute approximate surface area is 152 Å². The van der Waals surface area contributed by atoms with Gasteiger partial charge in [-0.15, -0.1) is 0 Å². The lowest BCUT2D eigenvalue weighted by Gasteiger charge is -2.07. The van der Waals surface area contributed by atoms with Crippen molar-refractivity contribution in [2.24, 2.45) is 0 Å². The van der Waals surface area contributed by atoms with Gasteiger partial charge in [-0.3, -0.25) is 4.79 Å². The molecule has 4 rings (SSSR count). The number of rotatable bonds is 2. The number of nitrogens with one attached hydrogen (secondary N) is 1. The number of anilines is 1. The molecule has 0 unspecified atom stereocenters. The summed E-state index contributed by atoms with van der Waals surface area (Å²) < 4.78 is 6.90. The van der Waals surface area contributed by atoms with Gasteiger partial charge in [0.2, 0.25) is 0 Å². The first-order valence-corrected chi connectivity index (χ1v) is 8.68. The molecule has 0 spiro atoms. The van der Waals surface area contributed by atoms with Crippen molar-refractivity contribution < 1.29 is 9.21 Å². The van der Waals surface area contributed by atoms with Crippen molar-refractivity contribution in [1.82, 2.24) is 0 Å². The fourth-order valence-electron chi connectivity index (χ4n) is 2.86. The summed E-state index contributed by atoms with van der Waals surface area (Å²) in [5, 5.41) is 6.10. The first-order valence-electron chi connectivity index (χ1n) is 7.60. The average molecular weight is 427 g/mol. The zero-order valence-corrected chi connectivity index (χ0v) is 15.1. The maximum Gasteiger partial charge on any atom is 0.291 e. The van der Waals surface area contributed by atoms with Crippen LogP contribution in [0.15, 0.2) is 65.1 Å². The van der Waals surface area contributed by atoms with Gasteiger partial charge in [0, 0.05) is 14.6 Å². The molecule has 0 aliphatic carbocycles. The number of hydrogen-bond acceptors (Lipinski definition) is 2. The number of hydrogen-bond donors (Lipinski definition) is 1. The van der Waals surface area contributed by atoms with E-state index in [4.69, 9.17) is 4.42 Å². The number of carbonyl (C=O) groups is 1. The fraction of sp³-hybridized carbons (Fsp3) is 0.0500. The Morgan fingerprint density at radius 2 is 1.83 bits per heavy atom. The van der Waals surface area contributed by atoms with Crippen molar-refractivity contribution in [1.29, 1.82) is 0 Å². The molecule has 1 aromatic heterocycles. The van der Waals surface area contributed by atoms with E-state index in [2.05, 4.69) is 34.0 Å². The van der Waals surface area contributed by atoms with E-state index in [1.54, 1.807) is 0 Å². The molecule has 0 aliphatic rings. The molecule has 118 valence electrons. The van der Waals surface area contributed by atoms with Crippen LogP contribution in [0, 0.1) is 10.5 Å². The van der Waals surface area contributed by atoms with E-state index in [0.29, 0.717) is 5.76 Å². The second-order valence-corrected chi connectivity index (χ2v) is 6.97. The van der Waals surface area contributed by atoms with Crippen molar-refractivity contribution >= 4 is 55.9 Å². The number of aryl methyl sites for hydroxylation is 1.